The van der Waals surface area contributed by atoms with Gasteiger partial charge in [-0.15, -0.1) is 0 Å². The van der Waals surface area contributed by atoms with Crippen LogP contribution in [0.3, 0.4) is 0 Å². The summed E-state index contributed by atoms with van der Waals surface area (Å²) >= 11 is 5.17. The molecule has 0 radical (unpaired) electrons. The predicted octanol–water partition coefficient (Wildman–Crippen LogP) is 4.40. The van der Waals surface area contributed by atoms with Crippen molar-refractivity contribution in [1.29, 1.82) is 0 Å². The molecular formula is C17H26N2S. The van der Waals surface area contributed by atoms with Gasteiger partial charge in [0.2, 0.25) is 0 Å². The van der Waals surface area contributed by atoms with Crippen LogP contribution in [0.25, 0.3) is 0 Å². The first-order valence-corrected chi connectivity index (χ1v) is 8.18. The second kappa shape index (κ2) is 7.07. The Hall–Kier alpha value is -1.09. The van der Waals surface area contributed by atoms with E-state index in [2.05, 4.69) is 37.4 Å². The van der Waals surface area contributed by atoms with Crippen molar-refractivity contribution in [2.75, 3.05) is 5.32 Å². The molecule has 0 unspecified atom stereocenters. The molecule has 0 saturated heterocycles. The van der Waals surface area contributed by atoms with Gasteiger partial charge in [-0.3, -0.25) is 0 Å². The Morgan fingerprint density at radius 3 is 2.60 bits per heavy atom. The zero-order chi connectivity index (χ0) is 14.5. The normalized spacial score (nSPS) is 22.5. The van der Waals surface area contributed by atoms with Crippen LogP contribution < -0.4 is 11.1 Å². The van der Waals surface area contributed by atoms with Crippen LogP contribution in [0.2, 0.25) is 0 Å². The fourth-order valence-electron chi connectivity index (χ4n) is 3.21. The van der Waals surface area contributed by atoms with E-state index in [4.69, 9.17) is 18.0 Å². The molecule has 1 aliphatic rings. The van der Waals surface area contributed by atoms with Gasteiger partial charge in [-0.2, -0.15) is 0 Å². The number of thiocarbonyl (C=S) groups is 1. The summed E-state index contributed by atoms with van der Waals surface area (Å²) in [5, 5.41) is 3.65. The number of hydrogen-bond donors (Lipinski definition) is 2. The lowest BCUT2D eigenvalue weighted by Gasteiger charge is -2.30. The SMILES string of the molecule is CCCC1CCC(Nc2ccc(C)cc2C(N)=S)CC1. The molecule has 110 valence electrons. The van der Waals surface area contributed by atoms with Crippen LogP contribution in [0.5, 0.6) is 0 Å². The summed E-state index contributed by atoms with van der Waals surface area (Å²) in [5.41, 5.74) is 9.12. The van der Waals surface area contributed by atoms with E-state index in [1.807, 2.05) is 0 Å². The Labute approximate surface area is 128 Å². The quantitative estimate of drug-likeness (QED) is 0.789. The molecule has 1 aliphatic carbocycles. The van der Waals surface area contributed by atoms with Crippen LogP contribution in [0.15, 0.2) is 18.2 Å². The highest BCUT2D eigenvalue weighted by Gasteiger charge is 2.21. The summed E-state index contributed by atoms with van der Waals surface area (Å²) in [6.07, 6.45) is 7.91. The Balaban J connectivity index is 1.99. The third kappa shape index (κ3) is 3.95. The Bertz CT molecular complexity index is 462. The summed E-state index contributed by atoms with van der Waals surface area (Å²) in [4.78, 5) is 0.482. The van der Waals surface area contributed by atoms with Gasteiger partial charge in [0.15, 0.2) is 0 Å². The lowest BCUT2D eigenvalue weighted by Crippen LogP contribution is -2.27. The van der Waals surface area contributed by atoms with Gasteiger partial charge in [0, 0.05) is 17.3 Å². The summed E-state index contributed by atoms with van der Waals surface area (Å²) in [6.45, 7) is 4.35. The minimum absolute atomic E-state index is 0.482. The number of anilines is 1. The van der Waals surface area contributed by atoms with Crippen LogP contribution in [0.1, 0.15) is 56.6 Å². The third-order valence-electron chi connectivity index (χ3n) is 4.34. The fourth-order valence-corrected chi connectivity index (χ4v) is 3.38. The molecule has 2 rings (SSSR count). The zero-order valence-corrected chi connectivity index (χ0v) is 13.4. The average molecular weight is 290 g/mol. The topological polar surface area (TPSA) is 38.0 Å². The maximum atomic E-state index is 5.84. The third-order valence-corrected chi connectivity index (χ3v) is 4.56. The number of nitrogens with one attached hydrogen (secondary N) is 1. The van der Waals surface area contributed by atoms with E-state index in [-0.39, 0.29) is 0 Å². The molecule has 0 spiro atoms. The van der Waals surface area contributed by atoms with Crippen molar-refractivity contribution >= 4 is 22.9 Å². The summed E-state index contributed by atoms with van der Waals surface area (Å²) in [6, 6.07) is 6.88. The van der Waals surface area contributed by atoms with Gasteiger partial charge in [0.25, 0.3) is 0 Å². The highest BCUT2D eigenvalue weighted by Crippen LogP contribution is 2.30. The largest absolute Gasteiger partial charge is 0.389 e. The van der Waals surface area contributed by atoms with Crippen molar-refractivity contribution in [3.8, 4) is 0 Å². The molecule has 0 bridgehead atoms. The Morgan fingerprint density at radius 2 is 2.00 bits per heavy atom. The van der Waals surface area contributed by atoms with E-state index in [0.29, 0.717) is 11.0 Å². The second-order valence-corrected chi connectivity index (χ2v) is 6.50. The van der Waals surface area contributed by atoms with Gasteiger partial charge in [-0.1, -0.05) is 43.6 Å². The smallest absolute Gasteiger partial charge is 0.106 e. The van der Waals surface area contributed by atoms with Crippen LogP contribution in [0.4, 0.5) is 5.69 Å². The molecule has 1 fully saturated rings. The van der Waals surface area contributed by atoms with Crippen molar-refractivity contribution in [3.63, 3.8) is 0 Å². The van der Waals surface area contributed by atoms with Crippen LogP contribution in [-0.2, 0) is 0 Å². The highest BCUT2D eigenvalue weighted by atomic mass is 32.1. The van der Waals surface area contributed by atoms with Crippen molar-refractivity contribution in [1.82, 2.24) is 0 Å². The van der Waals surface area contributed by atoms with Gasteiger partial charge in [0.05, 0.1) is 0 Å². The molecule has 0 atom stereocenters. The lowest BCUT2D eigenvalue weighted by atomic mass is 9.83. The maximum Gasteiger partial charge on any atom is 0.106 e. The first kappa shape index (κ1) is 15.3. The number of hydrogen-bond acceptors (Lipinski definition) is 2. The van der Waals surface area contributed by atoms with Gasteiger partial charge in [-0.25, -0.2) is 0 Å². The summed E-state index contributed by atoms with van der Waals surface area (Å²) < 4.78 is 0. The molecule has 0 aromatic heterocycles. The van der Waals surface area contributed by atoms with Gasteiger partial charge < -0.3 is 11.1 Å². The average Bonchev–Trinajstić information content (AvgIpc) is 2.43. The molecule has 2 nitrogen and oxygen atoms in total. The van der Waals surface area contributed by atoms with E-state index < -0.39 is 0 Å². The number of nitrogens with two attached hydrogens (primary N) is 1. The first-order chi connectivity index (χ1) is 9.60. The molecule has 3 heteroatoms. The maximum absolute atomic E-state index is 5.84. The van der Waals surface area contributed by atoms with Crippen molar-refractivity contribution in [2.24, 2.45) is 11.7 Å². The van der Waals surface area contributed by atoms with Crippen molar-refractivity contribution in [3.05, 3.63) is 29.3 Å². The van der Waals surface area contributed by atoms with E-state index >= 15 is 0 Å². The van der Waals surface area contributed by atoms with E-state index in [1.165, 1.54) is 44.1 Å². The van der Waals surface area contributed by atoms with E-state index in [1.54, 1.807) is 0 Å². The molecule has 1 aromatic carbocycles. The zero-order valence-electron chi connectivity index (χ0n) is 12.6. The summed E-state index contributed by atoms with van der Waals surface area (Å²) in [5.74, 6) is 0.936. The summed E-state index contributed by atoms with van der Waals surface area (Å²) in [7, 11) is 0. The Kier molecular flexibility index (Phi) is 5.41. The monoisotopic (exact) mass is 290 g/mol. The number of aryl methyl sites for hydroxylation is 1. The second-order valence-electron chi connectivity index (χ2n) is 6.06. The van der Waals surface area contributed by atoms with Crippen molar-refractivity contribution < 1.29 is 0 Å². The molecule has 0 amide bonds. The van der Waals surface area contributed by atoms with E-state index in [0.717, 1.165) is 17.2 Å². The lowest BCUT2D eigenvalue weighted by molar-refractivity contribution is 0.319. The molecule has 0 aliphatic heterocycles. The highest BCUT2D eigenvalue weighted by molar-refractivity contribution is 7.80. The minimum Gasteiger partial charge on any atom is -0.389 e. The molecule has 20 heavy (non-hydrogen) atoms. The molecule has 1 aromatic rings. The molecule has 3 N–H and O–H groups in total. The molecule has 0 heterocycles. The fraction of sp³-hybridized carbons (Fsp3) is 0.588. The minimum atomic E-state index is 0.482. The van der Waals surface area contributed by atoms with E-state index in [9.17, 15) is 0 Å². The van der Waals surface area contributed by atoms with Gasteiger partial charge in [0.1, 0.15) is 4.99 Å². The predicted molar refractivity (Wildman–Crippen MR) is 91.3 cm³/mol. The van der Waals surface area contributed by atoms with Crippen LogP contribution in [-0.4, -0.2) is 11.0 Å². The Morgan fingerprint density at radius 1 is 1.30 bits per heavy atom. The molecule has 1 saturated carbocycles. The molecular weight excluding hydrogens is 264 g/mol. The van der Waals surface area contributed by atoms with Gasteiger partial charge in [-0.05, 0) is 50.7 Å². The number of benzene rings is 1. The van der Waals surface area contributed by atoms with Crippen LogP contribution in [0, 0.1) is 12.8 Å². The van der Waals surface area contributed by atoms with Crippen molar-refractivity contribution in [2.45, 2.75) is 58.4 Å². The van der Waals surface area contributed by atoms with Crippen LogP contribution >= 0.6 is 12.2 Å². The standard InChI is InChI=1S/C17H26N2S/c1-3-4-13-6-8-14(9-7-13)19-16-10-5-12(2)11-15(16)17(18)20/h5,10-11,13-14,19H,3-4,6-9H2,1-2H3,(H2,18,20). The number of rotatable bonds is 5. The first-order valence-electron chi connectivity index (χ1n) is 7.77. The van der Waals surface area contributed by atoms with Gasteiger partial charge >= 0.3 is 0 Å².